The van der Waals surface area contributed by atoms with E-state index in [9.17, 15) is 19.2 Å². The highest BCUT2D eigenvalue weighted by molar-refractivity contribution is 5.80. The molecule has 14 nitrogen and oxygen atoms in total. The Morgan fingerprint density at radius 3 is 2.38 bits per heavy atom. The first kappa shape index (κ1) is 32.9. The maximum absolute atomic E-state index is 13.7. The Morgan fingerprint density at radius 1 is 1.04 bits per heavy atom. The molecule has 1 aromatic carbocycles. The fraction of sp³-hybridized carbons (Fsp3) is 0.452. The number of piperidine rings is 1. The van der Waals surface area contributed by atoms with Gasteiger partial charge in [0.25, 0.3) is 5.56 Å². The lowest BCUT2D eigenvalue weighted by atomic mass is 10.1. The third-order valence-corrected chi connectivity index (χ3v) is 7.54. The van der Waals surface area contributed by atoms with Gasteiger partial charge in [0.2, 0.25) is 5.95 Å². The molecule has 0 saturated carbocycles. The zero-order chi connectivity index (χ0) is 32.7. The van der Waals surface area contributed by atoms with Crippen LogP contribution < -0.4 is 21.9 Å². The van der Waals surface area contributed by atoms with Gasteiger partial charge in [0.05, 0.1) is 18.6 Å². The van der Waals surface area contributed by atoms with Crippen molar-refractivity contribution in [3.8, 4) is 11.8 Å². The van der Waals surface area contributed by atoms with E-state index in [1.807, 2.05) is 31.2 Å². The van der Waals surface area contributed by atoms with Crippen molar-refractivity contribution >= 4 is 40.0 Å². The molecule has 0 bridgehead atoms. The van der Waals surface area contributed by atoms with Gasteiger partial charge in [0.15, 0.2) is 11.2 Å². The number of hydrogen-bond donors (Lipinski definition) is 3. The van der Waals surface area contributed by atoms with Crippen molar-refractivity contribution < 1.29 is 19.8 Å². The Hall–Kier alpha value is -5.03. The Labute approximate surface area is 259 Å². The van der Waals surface area contributed by atoms with Crippen molar-refractivity contribution in [1.29, 1.82) is 0 Å². The quantitative estimate of drug-likeness (QED) is 0.183. The van der Waals surface area contributed by atoms with Gasteiger partial charge in [-0.25, -0.2) is 14.8 Å². The second-order valence-electron chi connectivity index (χ2n) is 10.9. The number of fused-ring (bicyclic) bond motifs is 2. The molecule has 1 atom stereocenters. The van der Waals surface area contributed by atoms with E-state index in [1.165, 1.54) is 9.13 Å². The number of aliphatic carboxylic acids is 2. The van der Waals surface area contributed by atoms with Crippen molar-refractivity contribution in [2.24, 2.45) is 12.8 Å². The van der Waals surface area contributed by atoms with Crippen LogP contribution >= 0.6 is 0 Å². The minimum Gasteiger partial charge on any atom is -0.481 e. The van der Waals surface area contributed by atoms with Gasteiger partial charge >= 0.3 is 17.6 Å². The number of aromatic nitrogens is 6. The van der Waals surface area contributed by atoms with E-state index >= 15 is 0 Å². The summed E-state index contributed by atoms with van der Waals surface area (Å²) in [6, 6.07) is 7.71. The standard InChI is InChI=1S/C25H28N8O2.C6H10O4/c1-4-5-13-32-21-22(29-24(32)31-12-8-9-17(26)14-31)30(3)25(35)33(23(21)34)15-20-27-16(2)18-10-6-7-11-19(18)28-20;7-5(8)3-1-2-4-6(9)10/h6-7,10-11,17H,8-9,12-15,26H2,1-3H3;1-4H2,(H,7,8)(H,9,10)/t17-;/m1./s1. The van der Waals surface area contributed by atoms with Crippen LogP contribution in [-0.4, -0.2) is 69.9 Å². The summed E-state index contributed by atoms with van der Waals surface area (Å²) in [6.07, 6.45) is 2.90. The third kappa shape index (κ3) is 7.74. The predicted octanol–water partition coefficient (Wildman–Crippen LogP) is 1.86. The fourth-order valence-electron chi connectivity index (χ4n) is 5.30. The van der Waals surface area contributed by atoms with Crippen molar-refractivity contribution in [3.05, 3.63) is 56.6 Å². The number of nitrogens with two attached hydrogens (primary N) is 1. The van der Waals surface area contributed by atoms with E-state index in [0.29, 0.717) is 42.3 Å². The van der Waals surface area contributed by atoms with Crippen LogP contribution in [0.2, 0.25) is 0 Å². The smallest absolute Gasteiger partial charge is 0.332 e. The Balaban J connectivity index is 0.000000399. The van der Waals surface area contributed by atoms with Crippen LogP contribution in [0.4, 0.5) is 5.95 Å². The van der Waals surface area contributed by atoms with Crippen LogP contribution in [0.15, 0.2) is 33.9 Å². The minimum absolute atomic E-state index is 0.0306. The van der Waals surface area contributed by atoms with Crippen molar-refractivity contribution in [2.75, 3.05) is 18.0 Å². The molecule has 1 aliphatic rings. The van der Waals surface area contributed by atoms with Gasteiger partial charge in [-0.2, -0.15) is 4.98 Å². The zero-order valence-corrected chi connectivity index (χ0v) is 25.7. The van der Waals surface area contributed by atoms with Crippen LogP contribution in [0, 0.1) is 18.8 Å². The number of unbranched alkanes of at least 4 members (excludes halogenated alkanes) is 1. The average Bonchev–Trinajstić information content (AvgIpc) is 3.39. The molecule has 0 unspecified atom stereocenters. The van der Waals surface area contributed by atoms with Crippen molar-refractivity contribution in [2.45, 2.75) is 71.5 Å². The molecule has 1 aliphatic heterocycles. The van der Waals surface area contributed by atoms with E-state index in [1.54, 1.807) is 18.5 Å². The first-order valence-electron chi connectivity index (χ1n) is 14.8. The van der Waals surface area contributed by atoms with Crippen LogP contribution in [0.5, 0.6) is 0 Å². The number of anilines is 1. The summed E-state index contributed by atoms with van der Waals surface area (Å²) in [7, 11) is 1.63. The third-order valence-electron chi connectivity index (χ3n) is 7.54. The molecule has 1 fully saturated rings. The number of imidazole rings is 1. The summed E-state index contributed by atoms with van der Waals surface area (Å²) in [5, 5.41) is 17.2. The second kappa shape index (κ2) is 14.6. The van der Waals surface area contributed by atoms with Gasteiger partial charge in [-0.05, 0) is 45.6 Å². The van der Waals surface area contributed by atoms with Crippen molar-refractivity contribution in [1.82, 2.24) is 28.7 Å². The number of rotatable bonds is 9. The van der Waals surface area contributed by atoms with Crippen LogP contribution in [-0.2, 0) is 29.7 Å². The van der Waals surface area contributed by atoms with Gasteiger partial charge < -0.3 is 20.8 Å². The maximum atomic E-state index is 13.7. The number of nitrogens with zero attached hydrogens (tertiary/aromatic N) is 7. The summed E-state index contributed by atoms with van der Waals surface area (Å²) in [6.45, 7) is 5.31. The molecule has 238 valence electrons. The number of carbonyl (C=O) groups is 2. The molecule has 4 heterocycles. The highest BCUT2D eigenvalue weighted by Gasteiger charge is 2.26. The normalized spacial score (nSPS) is 14.5. The minimum atomic E-state index is -0.870. The number of carboxylic acid groups (broad SMARTS) is 2. The summed E-state index contributed by atoms with van der Waals surface area (Å²) in [5.41, 5.74) is 7.54. The van der Waals surface area contributed by atoms with E-state index in [0.717, 1.165) is 36.0 Å². The molecule has 45 heavy (non-hydrogen) atoms. The van der Waals surface area contributed by atoms with Crippen LogP contribution in [0.1, 0.15) is 57.0 Å². The Morgan fingerprint density at radius 2 is 1.73 bits per heavy atom. The lowest BCUT2D eigenvalue weighted by Gasteiger charge is -2.31. The van der Waals surface area contributed by atoms with E-state index in [4.69, 9.17) is 20.9 Å². The zero-order valence-electron chi connectivity index (χ0n) is 25.7. The first-order chi connectivity index (χ1) is 21.5. The van der Waals surface area contributed by atoms with Crippen LogP contribution in [0.3, 0.4) is 0 Å². The monoisotopic (exact) mass is 618 g/mol. The van der Waals surface area contributed by atoms with Crippen molar-refractivity contribution in [3.63, 3.8) is 0 Å². The number of hydrogen-bond acceptors (Lipinski definition) is 9. The summed E-state index contributed by atoms with van der Waals surface area (Å²) in [4.78, 5) is 62.8. The lowest BCUT2D eigenvalue weighted by molar-refractivity contribution is -0.139. The molecule has 3 aromatic heterocycles. The highest BCUT2D eigenvalue weighted by atomic mass is 16.4. The second-order valence-corrected chi connectivity index (χ2v) is 10.9. The molecular weight excluding hydrogens is 580 g/mol. The number of para-hydroxylation sites is 1. The number of aryl methyl sites for hydroxylation is 2. The maximum Gasteiger partial charge on any atom is 0.332 e. The Bertz CT molecular complexity index is 1880. The molecule has 14 heteroatoms. The van der Waals surface area contributed by atoms with Gasteiger partial charge in [-0.15, -0.1) is 5.92 Å². The molecule has 4 N–H and O–H groups in total. The molecule has 0 radical (unpaired) electrons. The largest absolute Gasteiger partial charge is 0.481 e. The summed E-state index contributed by atoms with van der Waals surface area (Å²) >= 11 is 0. The molecule has 0 aliphatic carbocycles. The molecule has 4 aromatic rings. The SMILES string of the molecule is CC#CCn1c(N2CCC[C@@H](N)C2)nc2c1c(=O)n(Cc1nc(C)c3ccccc3n1)c(=O)n2C.O=C(O)CCCCC(=O)O. The first-order valence-corrected chi connectivity index (χ1v) is 14.8. The van der Waals surface area contributed by atoms with Gasteiger partial charge in [-0.3, -0.25) is 28.1 Å². The lowest BCUT2D eigenvalue weighted by Crippen LogP contribution is -2.44. The van der Waals surface area contributed by atoms with Gasteiger partial charge in [0.1, 0.15) is 5.82 Å². The Kier molecular flexibility index (Phi) is 10.7. The fourth-order valence-corrected chi connectivity index (χ4v) is 5.30. The molecule has 0 spiro atoms. The molecule has 1 saturated heterocycles. The van der Waals surface area contributed by atoms with E-state index in [2.05, 4.69) is 26.7 Å². The topological polar surface area (TPSA) is 191 Å². The predicted molar refractivity (Wildman–Crippen MR) is 169 cm³/mol. The molecule has 0 amide bonds. The van der Waals surface area contributed by atoms with E-state index in [-0.39, 0.29) is 32.0 Å². The number of benzene rings is 1. The highest BCUT2D eigenvalue weighted by Crippen LogP contribution is 2.23. The molecule has 5 rings (SSSR count). The van der Waals surface area contributed by atoms with E-state index < -0.39 is 23.2 Å². The average molecular weight is 619 g/mol. The summed E-state index contributed by atoms with van der Waals surface area (Å²) < 4.78 is 4.39. The summed E-state index contributed by atoms with van der Waals surface area (Å²) in [5.74, 6) is 5.22. The number of carboxylic acids is 2. The van der Waals surface area contributed by atoms with Gasteiger partial charge in [0, 0.05) is 50.1 Å². The molecular formula is C31H38N8O6. The van der Waals surface area contributed by atoms with Crippen LogP contribution in [0.25, 0.3) is 22.1 Å². The van der Waals surface area contributed by atoms with Gasteiger partial charge in [-0.1, -0.05) is 24.1 Å².